The van der Waals surface area contributed by atoms with Gasteiger partial charge in [-0.15, -0.1) is 11.3 Å². The second-order valence-corrected chi connectivity index (χ2v) is 7.66. The molecule has 21 heavy (non-hydrogen) atoms. The highest BCUT2D eigenvalue weighted by Crippen LogP contribution is 2.39. The van der Waals surface area contributed by atoms with E-state index in [-0.39, 0.29) is 0 Å². The Balaban J connectivity index is 1.84. The fourth-order valence-corrected chi connectivity index (χ4v) is 4.65. The molecule has 2 aromatic rings. The number of thiophene rings is 1. The summed E-state index contributed by atoms with van der Waals surface area (Å²) in [7, 11) is 0. The minimum atomic E-state index is 0.425. The Hall–Kier alpha value is -0.830. The van der Waals surface area contributed by atoms with Crippen molar-refractivity contribution in [2.24, 2.45) is 5.92 Å². The smallest absolute Gasteiger partial charge is 0.0960 e. The van der Waals surface area contributed by atoms with E-state index in [1.165, 1.54) is 34.4 Å². The molecular weight excluding hydrogens is 298 g/mol. The Kier molecular flexibility index (Phi) is 4.68. The van der Waals surface area contributed by atoms with Crippen LogP contribution in [0.4, 0.5) is 0 Å². The summed E-state index contributed by atoms with van der Waals surface area (Å²) in [5.74, 6) is 0.642. The van der Waals surface area contributed by atoms with Crippen molar-refractivity contribution >= 4 is 22.9 Å². The molecule has 1 nitrogen and oxygen atoms in total. The highest BCUT2D eigenvalue weighted by Gasteiger charge is 2.30. The van der Waals surface area contributed by atoms with Gasteiger partial charge in [-0.05, 0) is 61.4 Å². The lowest BCUT2D eigenvalue weighted by Gasteiger charge is -2.23. The van der Waals surface area contributed by atoms with Gasteiger partial charge in [0, 0.05) is 10.9 Å². The van der Waals surface area contributed by atoms with Crippen LogP contribution in [0.15, 0.2) is 30.3 Å². The van der Waals surface area contributed by atoms with Gasteiger partial charge in [0.25, 0.3) is 0 Å². The number of halogens is 1. The zero-order chi connectivity index (χ0) is 14.8. The van der Waals surface area contributed by atoms with Crippen molar-refractivity contribution in [3.05, 3.63) is 56.2 Å². The first-order valence-corrected chi connectivity index (χ1v) is 8.94. The molecule has 112 valence electrons. The molecule has 1 heterocycles. The van der Waals surface area contributed by atoms with Crippen LogP contribution in [0.1, 0.15) is 41.0 Å². The number of rotatable bonds is 5. The molecule has 1 aliphatic carbocycles. The molecule has 1 N–H and O–H groups in total. The van der Waals surface area contributed by atoms with E-state index in [1.54, 1.807) is 11.3 Å². The second kappa shape index (κ2) is 6.51. The number of aryl methyl sites for hydroxylation is 1. The molecule has 0 radical (unpaired) electrons. The highest BCUT2D eigenvalue weighted by atomic mass is 35.5. The number of nitrogens with one attached hydrogen (secondary N) is 1. The SMILES string of the molecule is CCCNC(c1cc(C)c(Cl)s1)C1Cc2ccccc2C1. The highest BCUT2D eigenvalue weighted by molar-refractivity contribution is 7.16. The summed E-state index contributed by atoms with van der Waals surface area (Å²) in [4.78, 5) is 1.39. The average Bonchev–Trinajstić information content (AvgIpc) is 3.04. The largest absolute Gasteiger partial charge is 0.309 e. The Morgan fingerprint density at radius 1 is 1.29 bits per heavy atom. The molecule has 0 saturated heterocycles. The molecule has 0 saturated carbocycles. The van der Waals surface area contributed by atoms with Gasteiger partial charge >= 0.3 is 0 Å². The van der Waals surface area contributed by atoms with Crippen molar-refractivity contribution in [2.75, 3.05) is 6.54 Å². The van der Waals surface area contributed by atoms with Crippen LogP contribution in [-0.2, 0) is 12.8 Å². The predicted octanol–water partition coefficient (Wildman–Crippen LogP) is 5.17. The van der Waals surface area contributed by atoms with E-state index in [4.69, 9.17) is 11.6 Å². The van der Waals surface area contributed by atoms with E-state index >= 15 is 0 Å². The normalized spacial score (nSPS) is 16.1. The molecule has 0 spiro atoms. The summed E-state index contributed by atoms with van der Waals surface area (Å²) in [6.07, 6.45) is 3.51. The Labute approximate surface area is 136 Å². The van der Waals surface area contributed by atoms with E-state index < -0.39 is 0 Å². The van der Waals surface area contributed by atoms with Crippen molar-refractivity contribution < 1.29 is 0 Å². The van der Waals surface area contributed by atoms with Crippen LogP contribution in [-0.4, -0.2) is 6.54 Å². The topological polar surface area (TPSA) is 12.0 Å². The first-order chi connectivity index (χ1) is 10.2. The Morgan fingerprint density at radius 3 is 2.48 bits per heavy atom. The van der Waals surface area contributed by atoms with Crippen LogP contribution in [0, 0.1) is 12.8 Å². The van der Waals surface area contributed by atoms with Crippen molar-refractivity contribution in [2.45, 2.75) is 39.2 Å². The van der Waals surface area contributed by atoms with E-state index in [0.29, 0.717) is 12.0 Å². The van der Waals surface area contributed by atoms with E-state index in [1.807, 2.05) is 0 Å². The summed E-state index contributed by atoms with van der Waals surface area (Å²) < 4.78 is 0.934. The van der Waals surface area contributed by atoms with Gasteiger partial charge in [-0.1, -0.05) is 42.8 Å². The summed E-state index contributed by atoms with van der Waals surface area (Å²) in [5.41, 5.74) is 4.24. The minimum absolute atomic E-state index is 0.425. The van der Waals surface area contributed by atoms with Crippen LogP contribution in [0.3, 0.4) is 0 Å². The molecule has 0 fully saturated rings. The van der Waals surface area contributed by atoms with Gasteiger partial charge in [-0.25, -0.2) is 0 Å². The summed E-state index contributed by atoms with van der Waals surface area (Å²) in [6, 6.07) is 11.6. The van der Waals surface area contributed by atoms with Crippen LogP contribution in [0.5, 0.6) is 0 Å². The third kappa shape index (κ3) is 3.18. The van der Waals surface area contributed by atoms with Crippen LogP contribution < -0.4 is 5.32 Å². The molecule has 1 aromatic heterocycles. The zero-order valence-corrected chi connectivity index (χ0v) is 14.2. The van der Waals surface area contributed by atoms with E-state index in [9.17, 15) is 0 Å². The molecule has 1 aromatic carbocycles. The standard InChI is InChI=1S/C18H22ClNS/c1-3-8-20-17(16-9-12(2)18(19)21-16)15-10-13-6-4-5-7-14(13)11-15/h4-7,9,15,17,20H,3,8,10-11H2,1-2H3. The lowest BCUT2D eigenvalue weighted by Crippen LogP contribution is -2.28. The second-order valence-electron chi connectivity index (χ2n) is 5.97. The Bertz CT molecular complexity index is 575. The average molecular weight is 320 g/mol. The van der Waals surface area contributed by atoms with E-state index in [2.05, 4.69) is 49.5 Å². The lowest BCUT2D eigenvalue weighted by atomic mass is 9.94. The number of hydrogen-bond acceptors (Lipinski definition) is 2. The maximum absolute atomic E-state index is 6.29. The number of fused-ring (bicyclic) bond motifs is 1. The van der Waals surface area contributed by atoms with Gasteiger partial charge in [-0.2, -0.15) is 0 Å². The molecule has 1 aliphatic rings. The number of benzene rings is 1. The molecule has 3 rings (SSSR count). The maximum Gasteiger partial charge on any atom is 0.0960 e. The zero-order valence-electron chi connectivity index (χ0n) is 12.7. The van der Waals surface area contributed by atoms with Crippen molar-refractivity contribution in [1.29, 1.82) is 0 Å². The fourth-order valence-electron chi connectivity index (χ4n) is 3.26. The molecular formula is C18H22ClNS. The van der Waals surface area contributed by atoms with Crippen LogP contribution >= 0.6 is 22.9 Å². The first-order valence-electron chi connectivity index (χ1n) is 7.75. The monoisotopic (exact) mass is 319 g/mol. The molecule has 0 amide bonds. The molecule has 0 bridgehead atoms. The predicted molar refractivity (Wildman–Crippen MR) is 92.4 cm³/mol. The molecule has 1 atom stereocenters. The lowest BCUT2D eigenvalue weighted by molar-refractivity contribution is 0.379. The van der Waals surface area contributed by atoms with Gasteiger partial charge in [0.1, 0.15) is 0 Å². The molecule has 1 unspecified atom stereocenters. The van der Waals surface area contributed by atoms with Crippen LogP contribution in [0.25, 0.3) is 0 Å². The molecule has 0 aliphatic heterocycles. The third-order valence-corrected chi connectivity index (χ3v) is 5.99. The first kappa shape index (κ1) is 15.1. The van der Waals surface area contributed by atoms with Crippen molar-refractivity contribution in [3.63, 3.8) is 0 Å². The van der Waals surface area contributed by atoms with Gasteiger partial charge in [0.15, 0.2) is 0 Å². The fraction of sp³-hybridized carbons (Fsp3) is 0.444. The quantitative estimate of drug-likeness (QED) is 0.802. The van der Waals surface area contributed by atoms with Crippen LogP contribution in [0.2, 0.25) is 4.34 Å². The van der Waals surface area contributed by atoms with E-state index in [0.717, 1.165) is 17.3 Å². The third-order valence-electron chi connectivity index (χ3n) is 4.35. The minimum Gasteiger partial charge on any atom is -0.309 e. The summed E-state index contributed by atoms with van der Waals surface area (Å²) in [5, 5.41) is 3.75. The maximum atomic E-state index is 6.29. The van der Waals surface area contributed by atoms with Gasteiger partial charge in [0.2, 0.25) is 0 Å². The molecule has 3 heteroatoms. The summed E-state index contributed by atoms with van der Waals surface area (Å²) >= 11 is 8.04. The van der Waals surface area contributed by atoms with Gasteiger partial charge < -0.3 is 5.32 Å². The van der Waals surface area contributed by atoms with Crippen molar-refractivity contribution in [3.8, 4) is 0 Å². The Morgan fingerprint density at radius 2 is 1.95 bits per heavy atom. The van der Waals surface area contributed by atoms with Gasteiger partial charge in [-0.3, -0.25) is 0 Å². The summed E-state index contributed by atoms with van der Waals surface area (Å²) in [6.45, 7) is 5.38. The van der Waals surface area contributed by atoms with Crippen molar-refractivity contribution in [1.82, 2.24) is 5.32 Å². The van der Waals surface area contributed by atoms with Gasteiger partial charge in [0.05, 0.1) is 4.34 Å². The number of hydrogen-bond donors (Lipinski definition) is 1.